The summed E-state index contributed by atoms with van der Waals surface area (Å²) in [6, 6.07) is 21.7. The molecular weight excluding hydrogens is 345 g/mol. The van der Waals surface area contributed by atoms with Crippen LogP contribution in [0.25, 0.3) is 38.1 Å². The minimum atomic E-state index is -0.373. The van der Waals surface area contributed by atoms with E-state index in [2.05, 4.69) is 92.8 Å². The lowest BCUT2D eigenvalue weighted by Crippen LogP contribution is -2.41. The number of nitrogens with zero attached hydrogens (tertiary/aromatic N) is 1. The minimum absolute atomic E-state index is 0.357. The van der Waals surface area contributed by atoms with E-state index >= 15 is 0 Å². The highest BCUT2D eigenvalue weighted by Gasteiger charge is 2.52. The second-order valence-corrected chi connectivity index (χ2v) is 8.88. The summed E-state index contributed by atoms with van der Waals surface area (Å²) in [6.45, 7) is 8.43. The molecule has 28 heavy (non-hydrogen) atoms. The van der Waals surface area contributed by atoms with E-state index in [4.69, 9.17) is 9.31 Å². The maximum absolute atomic E-state index is 6.42. The second-order valence-electron chi connectivity index (χ2n) is 8.88. The van der Waals surface area contributed by atoms with Gasteiger partial charge in [0.15, 0.2) is 0 Å². The first-order valence-electron chi connectivity index (χ1n) is 9.90. The molecule has 0 N–H and O–H groups in total. The second kappa shape index (κ2) is 5.08. The van der Waals surface area contributed by atoms with E-state index in [9.17, 15) is 0 Å². The van der Waals surface area contributed by atoms with Gasteiger partial charge in [0.2, 0.25) is 0 Å². The van der Waals surface area contributed by atoms with Gasteiger partial charge in [0.1, 0.15) is 0 Å². The maximum atomic E-state index is 6.42. The summed E-state index contributed by atoms with van der Waals surface area (Å²) in [5, 5.41) is 5.05. The Balaban J connectivity index is 1.76. The molecule has 0 atom stereocenters. The van der Waals surface area contributed by atoms with Crippen molar-refractivity contribution < 1.29 is 9.31 Å². The number of hydrogen-bond acceptors (Lipinski definition) is 2. The van der Waals surface area contributed by atoms with Gasteiger partial charge in [-0.05, 0) is 45.3 Å². The summed E-state index contributed by atoms with van der Waals surface area (Å²) in [6.07, 6.45) is 0. The summed E-state index contributed by atoms with van der Waals surface area (Å²) in [4.78, 5) is 0. The molecule has 2 aromatic heterocycles. The largest absolute Gasteiger partial charge is 0.495 e. The molecule has 1 fully saturated rings. The third-order valence-electron chi connectivity index (χ3n) is 6.79. The molecule has 4 heteroatoms. The van der Waals surface area contributed by atoms with E-state index in [1.807, 2.05) is 0 Å². The monoisotopic (exact) mass is 367 g/mol. The average Bonchev–Trinajstić information content (AvgIpc) is 3.25. The fourth-order valence-corrected chi connectivity index (χ4v) is 4.65. The number of benzene rings is 3. The van der Waals surface area contributed by atoms with Gasteiger partial charge >= 0.3 is 7.12 Å². The molecule has 0 amide bonds. The molecule has 0 bridgehead atoms. The first-order valence-corrected chi connectivity index (χ1v) is 9.90. The van der Waals surface area contributed by atoms with E-state index < -0.39 is 0 Å². The molecule has 3 nitrogen and oxygen atoms in total. The highest BCUT2D eigenvalue weighted by molar-refractivity contribution is 6.66. The van der Waals surface area contributed by atoms with E-state index in [1.165, 1.54) is 38.1 Å². The van der Waals surface area contributed by atoms with Crippen LogP contribution in [0.2, 0.25) is 0 Å². The van der Waals surface area contributed by atoms with Crippen LogP contribution in [0.1, 0.15) is 27.7 Å². The van der Waals surface area contributed by atoms with Crippen molar-refractivity contribution in [2.75, 3.05) is 0 Å². The molecule has 5 aromatic rings. The zero-order valence-electron chi connectivity index (χ0n) is 16.6. The lowest BCUT2D eigenvalue weighted by molar-refractivity contribution is 0.00578. The van der Waals surface area contributed by atoms with E-state index in [-0.39, 0.29) is 18.3 Å². The number of hydrogen-bond donors (Lipinski definition) is 0. The third kappa shape index (κ3) is 1.87. The van der Waals surface area contributed by atoms with E-state index in [1.54, 1.807) is 0 Å². The van der Waals surface area contributed by atoms with Crippen LogP contribution in [0.4, 0.5) is 0 Å². The Morgan fingerprint density at radius 1 is 0.679 bits per heavy atom. The molecule has 3 aromatic carbocycles. The van der Waals surface area contributed by atoms with Gasteiger partial charge in [0.05, 0.1) is 27.8 Å². The van der Waals surface area contributed by atoms with Gasteiger partial charge in [-0.1, -0.05) is 48.5 Å². The van der Waals surface area contributed by atoms with Gasteiger partial charge in [-0.15, -0.1) is 0 Å². The van der Waals surface area contributed by atoms with Crippen LogP contribution in [0, 0.1) is 0 Å². The fourth-order valence-electron chi connectivity index (χ4n) is 4.65. The van der Waals surface area contributed by atoms with Crippen molar-refractivity contribution in [2.24, 2.45) is 0 Å². The number of rotatable bonds is 1. The standard InChI is InChI=1S/C24H22BNO2/c1-23(2)24(3,4)28-25(27-23)18-14-13-16-15-9-5-7-11-19(15)26-20-12-8-6-10-17(20)21(18)22(16)26/h5-14H,1-4H3. The zero-order chi connectivity index (χ0) is 19.3. The minimum Gasteiger partial charge on any atom is -0.399 e. The van der Waals surface area contributed by atoms with Crippen molar-refractivity contribution >= 4 is 50.7 Å². The molecule has 1 saturated heterocycles. The van der Waals surface area contributed by atoms with Crippen molar-refractivity contribution in [1.82, 2.24) is 4.40 Å². The molecule has 1 aliphatic heterocycles. The van der Waals surface area contributed by atoms with E-state index in [0.29, 0.717) is 0 Å². The van der Waals surface area contributed by atoms with Gasteiger partial charge in [0, 0.05) is 21.5 Å². The zero-order valence-corrected chi connectivity index (χ0v) is 16.6. The van der Waals surface area contributed by atoms with Gasteiger partial charge < -0.3 is 13.7 Å². The first-order chi connectivity index (χ1) is 13.4. The third-order valence-corrected chi connectivity index (χ3v) is 6.79. The first kappa shape index (κ1) is 16.4. The molecule has 0 unspecified atom stereocenters. The Kier molecular flexibility index (Phi) is 2.97. The van der Waals surface area contributed by atoms with Crippen LogP contribution in [-0.2, 0) is 9.31 Å². The Labute approximate surface area is 164 Å². The van der Waals surface area contributed by atoms with Crippen molar-refractivity contribution in [2.45, 2.75) is 38.9 Å². The average molecular weight is 367 g/mol. The maximum Gasteiger partial charge on any atom is 0.495 e. The van der Waals surface area contributed by atoms with Crippen molar-refractivity contribution in [3.8, 4) is 0 Å². The SMILES string of the molecule is CC1(C)OB(c2ccc3c4ccccc4n4c5ccccc5c2c34)OC1(C)C. The van der Waals surface area contributed by atoms with Crippen molar-refractivity contribution in [1.29, 1.82) is 0 Å². The molecule has 1 aliphatic rings. The number of fused-ring (bicyclic) bond motifs is 6. The van der Waals surface area contributed by atoms with Crippen LogP contribution in [0.3, 0.4) is 0 Å². The Hall–Kier alpha value is -2.56. The summed E-state index contributed by atoms with van der Waals surface area (Å²) < 4.78 is 15.2. The quantitative estimate of drug-likeness (QED) is 0.383. The van der Waals surface area contributed by atoms with Crippen LogP contribution in [0.5, 0.6) is 0 Å². The molecule has 138 valence electrons. The van der Waals surface area contributed by atoms with Gasteiger partial charge in [-0.2, -0.15) is 0 Å². The normalized spacial score (nSPS) is 18.9. The molecule has 3 heterocycles. The van der Waals surface area contributed by atoms with Gasteiger partial charge in [-0.3, -0.25) is 0 Å². The predicted molar refractivity (Wildman–Crippen MR) is 117 cm³/mol. The Morgan fingerprint density at radius 2 is 1.25 bits per heavy atom. The lowest BCUT2D eigenvalue weighted by atomic mass is 9.76. The Morgan fingerprint density at radius 3 is 1.93 bits per heavy atom. The van der Waals surface area contributed by atoms with Crippen LogP contribution in [-0.4, -0.2) is 22.7 Å². The predicted octanol–water partition coefficient (Wildman–Crippen LogP) is 5.14. The molecule has 0 saturated carbocycles. The van der Waals surface area contributed by atoms with E-state index in [0.717, 1.165) is 5.46 Å². The highest BCUT2D eigenvalue weighted by Crippen LogP contribution is 2.41. The van der Waals surface area contributed by atoms with Crippen LogP contribution in [0.15, 0.2) is 60.7 Å². The van der Waals surface area contributed by atoms with Crippen molar-refractivity contribution in [3.63, 3.8) is 0 Å². The summed E-state index contributed by atoms with van der Waals surface area (Å²) in [7, 11) is -0.373. The summed E-state index contributed by atoms with van der Waals surface area (Å²) in [5.41, 5.74) is 4.13. The summed E-state index contributed by atoms with van der Waals surface area (Å²) >= 11 is 0. The molecular formula is C24H22BNO2. The number of para-hydroxylation sites is 2. The summed E-state index contributed by atoms with van der Waals surface area (Å²) in [5.74, 6) is 0. The molecule has 0 radical (unpaired) electrons. The molecule has 0 aliphatic carbocycles. The molecule has 6 rings (SSSR count). The molecule has 0 spiro atoms. The van der Waals surface area contributed by atoms with Crippen LogP contribution < -0.4 is 5.46 Å². The Bertz CT molecular complexity index is 1370. The lowest BCUT2D eigenvalue weighted by Gasteiger charge is -2.32. The van der Waals surface area contributed by atoms with Gasteiger partial charge in [-0.25, -0.2) is 0 Å². The fraction of sp³-hybridized carbons (Fsp3) is 0.250. The topological polar surface area (TPSA) is 22.9 Å². The smallest absolute Gasteiger partial charge is 0.399 e. The van der Waals surface area contributed by atoms with Crippen molar-refractivity contribution in [3.05, 3.63) is 60.7 Å². The number of aromatic nitrogens is 1. The van der Waals surface area contributed by atoms with Gasteiger partial charge in [0.25, 0.3) is 0 Å². The highest BCUT2D eigenvalue weighted by atomic mass is 16.7. The van der Waals surface area contributed by atoms with Crippen LogP contribution >= 0.6 is 0 Å².